The molecule has 3 amide bonds. The average Bonchev–Trinajstić information content (AvgIpc) is 2.81. The summed E-state index contributed by atoms with van der Waals surface area (Å²) < 4.78 is 25.7. The van der Waals surface area contributed by atoms with Crippen molar-refractivity contribution in [1.29, 1.82) is 0 Å². The number of amides is 3. The zero-order chi connectivity index (χ0) is 25.4. The molecule has 2 aromatic carbocycles. The van der Waals surface area contributed by atoms with Crippen LogP contribution in [0.15, 0.2) is 42.5 Å². The molecule has 3 rings (SSSR count). The third-order valence-electron chi connectivity index (χ3n) is 5.93. The quantitative estimate of drug-likeness (QED) is 0.549. The Morgan fingerprint density at radius 2 is 1.66 bits per heavy atom. The van der Waals surface area contributed by atoms with Gasteiger partial charge in [-0.3, -0.25) is 18.6 Å². The molecule has 0 saturated heterocycles. The lowest BCUT2D eigenvalue weighted by Gasteiger charge is -2.27. The monoisotopic (exact) mass is 501 g/mol. The van der Waals surface area contributed by atoms with Gasteiger partial charge in [0.25, 0.3) is 0 Å². The molecule has 1 aliphatic carbocycles. The highest BCUT2D eigenvalue weighted by molar-refractivity contribution is 7.86. The van der Waals surface area contributed by atoms with Gasteiger partial charge in [-0.2, -0.15) is 0 Å². The summed E-state index contributed by atoms with van der Waals surface area (Å²) in [6, 6.07) is 10.9. The predicted molar refractivity (Wildman–Crippen MR) is 136 cm³/mol. The third kappa shape index (κ3) is 8.28. The van der Waals surface area contributed by atoms with Crippen LogP contribution >= 0.6 is 0 Å². The van der Waals surface area contributed by atoms with Crippen LogP contribution in [0, 0.1) is 19.7 Å². The molecule has 188 valence electrons. The van der Waals surface area contributed by atoms with Crippen LogP contribution in [0.4, 0.5) is 15.8 Å². The second-order valence-electron chi connectivity index (χ2n) is 8.96. The first kappa shape index (κ1) is 26.5. The zero-order valence-electron chi connectivity index (χ0n) is 20.1. The standard InChI is InChI=1S/C26H32FN3O4S/c1-18-8-9-19(2)23(14-18)30(15-24(31)28-21-6-4-3-5-7-21)26(33)17-35(34)16-25(32)29-22-12-10-20(27)11-13-22/h8-14,21H,3-7,15-17H2,1-2H3,(H,28,31)(H,29,32). The molecule has 0 aliphatic heterocycles. The minimum absolute atomic E-state index is 0.107. The van der Waals surface area contributed by atoms with Gasteiger partial charge in [-0.25, -0.2) is 4.39 Å². The first-order valence-electron chi connectivity index (χ1n) is 11.8. The third-order valence-corrected chi connectivity index (χ3v) is 7.09. The van der Waals surface area contributed by atoms with E-state index in [1.54, 1.807) is 0 Å². The van der Waals surface area contributed by atoms with Crippen molar-refractivity contribution in [2.45, 2.75) is 52.0 Å². The molecule has 7 nitrogen and oxygen atoms in total. The molecule has 0 spiro atoms. The van der Waals surface area contributed by atoms with Gasteiger partial charge in [-0.15, -0.1) is 0 Å². The predicted octanol–water partition coefficient (Wildman–Crippen LogP) is 3.61. The first-order chi connectivity index (χ1) is 16.7. The maximum absolute atomic E-state index is 13.2. The molecule has 1 saturated carbocycles. The summed E-state index contributed by atoms with van der Waals surface area (Å²) in [5.41, 5.74) is 2.70. The molecule has 2 N–H and O–H groups in total. The zero-order valence-corrected chi connectivity index (χ0v) is 21.0. The van der Waals surface area contributed by atoms with Gasteiger partial charge in [-0.05, 0) is 68.1 Å². The topological polar surface area (TPSA) is 95.6 Å². The fourth-order valence-electron chi connectivity index (χ4n) is 4.12. The van der Waals surface area contributed by atoms with E-state index in [0.717, 1.165) is 36.8 Å². The molecule has 35 heavy (non-hydrogen) atoms. The van der Waals surface area contributed by atoms with Crippen molar-refractivity contribution in [3.63, 3.8) is 0 Å². The van der Waals surface area contributed by atoms with E-state index in [4.69, 9.17) is 0 Å². The number of rotatable bonds is 9. The van der Waals surface area contributed by atoms with Gasteiger partial charge in [-0.1, -0.05) is 31.4 Å². The molecule has 0 bridgehead atoms. The normalized spacial score (nSPS) is 14.7. The fraction of sp³-hybridized carbons (Fsp3) is 0.423. The molecule has 1 atom stereocenters. The van der Waals surface area contributed by atoms with E-state index in [1.165, 1.54) is 35.6 Å². The van der Waals surface area contributed by atoms with Crippen LogP contribution in [0.25, 0.3) is 0 Å². The van der Waals surface area contributed by atoms with E-state index in [9.17, 15) is 23.0 Å². The highest BCUT2D eigenvalue weighted by atomic mass is 32.2. The molecule has 0 aromatic heterocycles. The molecule has 1 aliphatic rings. The van der Waals surface area contributed by atoms with Crippen molar-refractivity contribution in [3.8, 4) is 0 Å². The largest absolute Gasteiger partial charge is 0.352 e. The number of halogens is 1. The Balaban J connectivity index is 1.66. The minimum Gasteiger partial charge on any atom is -0.352 e. The number of benzene rings is 2. The second kappa shape index (κ2) is 12.6. The van der Waals surface area contributed by atoms with E-state index in [0.29, 0.717) is 11.4 Å². The van der Waals surface area contributed by atoms with E-state index in [2.05, 4.69) is 10.6 Å². The van der Waals surface area contributed by atoms with Gasteiger partial charge in [0.15, 0.2) is 0 Å². The lowest BCUT2D eigenvalue weighted by atomic mass is 9.95. The Hall–Kier alpha value is -3.07. The summed E-state index contributed by atoms with van der Waals surface area (Å²) in [4.78, 5) is 39.6. The average molecular weight is 502 g/mol. The summed E-state index contributed by atoms with van der Waals surface area (Å²) in [6.45, 7) is 3.56. The SMILES string of the molecule is Cc1ccc(C)c(N(CC(=O)NC2CCCCC2)C(=O)CS(=O)CC(=O)Nc2ccc(F)cc2)c1. The lowest BCUT2D eigenvalue weighted by molar-refractivity contribution is -0.123. The van der Waals surface area contributed by atoms with Crippen LogP contribution in [0.2, 0.25) is 0 Å². The Labute approximate surface area is 207 Å². The summed E-state index contributed by atoms with van der Waals surface area (Å²) in [5.74, 6) is -2.53. The first-order valence-corrected chi connectivity index (χ1v) is 13.3. The summed E-state index contributed by atoms with van der Waals surface area (Å²) in [5, 5.41) is 5.57. The molecule has 1 unspecified atom stereocenters. The molecular formula is C26H32FN3O4S. The Kier molecular flexibility index (Phi) is 9.54. The van der Waals surface area contributed by atoms with Crippen molar-refractivity contribution < 1.29 is 23.0 Å². The van der Waals surface area contributed by atoms with Gasteiger partial charge >= 0.3 is 0 Å². The number of nitrogens with one attached hydrogen (secondary N) is 2. The van der Waals surface area contributed by atoms with Crippen molar-refractivity contribution in [2.24, 2.45) is 0 Å². The maximum atomic E-state index is 13.2. The summed E-state index contributed by atoms with van der Waals surface area (Å²) in [7, 11) is -1.79. The molecule has 9 heteroatoms. The van der Waals surface area contributed by atoms with E-state index in [-0.39, 0.29) is 18.5 Å². The fourth-order valence-corrected chi connectivity index (χ4v) is 5.02. The van der Waals surface area contributed by atoms with Crippen molar-refractivity contribution in [1.82, 2.24) is 5.32 Å². The van der Waals surface area contributed by atoms with Crippen LogP contribution in [-0.4, -0.2) is 46.0 Å². The number of carbonyl (C=O) groups excluding carboxylic acids is 3. The van der Waals surface area contributed by atoms with Crippen LogP contribution in [-0.2, 0) is 25.2 Å². The molecule has 1 fully saturated rings. The Morgan fingerprint density at radius 1 is 0.971 bits per heavy atom. The van der Waals surface area contributed by atoms with Crippen LogP contribution in [0.3, 0.4) is 0 Å². The van der Waals surface area contributed by atoms with Gasteiger partial charge in [0.2, 0.25) is 17.7 Å². The number of nitrogens with zero attached hydrogens (tertiary/aromatic N) is 1. The van der Waals surface area contributed by atoms with Crippen molar-refractivity contribution in [2.75, 3.05) is 28.3 Å². The summed E-state index contributed by atoms with van der Waals surface area (Å²) in [6.07, 6.45) is 5.17. The number of hydrogen-bond donors (Lipinski definition) is 2. The smallest absolute Gasteiger partial charge is 0.240 e. The van der Waals surface area contributed by atoms with Crippen LogP contribution in [0.1, 0.15) is 43.2 Å². The highest BCUT2D eigenvalue weighted by Crippen LogP contribution is 2.23. The van der Waals surface area contributed by atoms with Gasteiger partial charge in [0.1, 0.15) is 23.9 Å². The minimum atomic E-state index is -1.79. The summed E-state index contributed by atoms with van der Waals surface area (Å²) >= 11 is 0. The van der Waals surface area contributed by atoms with E-state index < -0.39 is 39.9 Å². The maximum Gasteiger partial charge on any atom is 0.240 e. The molecule has 0 radical (unpaired) electrons. The number of aryl methyl sites for hydroxylation is 2. The van der Waals surface area contributed by atoms with Crippen LogP contribution < -0.4 is 15.5 Å². The number of anilines is 2. The van der Waals surface area contributed by atoms with Crippen LogP contribution in [0.5, 0.6) is 0 Å². The van der Waals surface area contributed by atoms with Gasteiger partial charge in [0, 0.05) is 28.2 Å². The second-order valence-corrected chi connectivity index (χ2v) is 10.4. The van der Waals surface area contributed by atoms with Crippen molar-refractivity contribution >= 4 is 39.9 Å². The molecular weight excluding hydrogens is 469 g/mol. The Bertz CT molecular complexity index is 1080. The van der Waals surface area contributed by atoms with Gasteiger partial charge in [0.05, 0.1) is 0 Å². The highest BCUT2D eigenvalue weighted by Gasteiger charge is 2.25. The van der Waals surface area contributed by atoms with E-state index >= 15 is 0 Å². The van der Waals surface area contributed by atoms with Gasteiger partial charge < -0.3 is 15.5 Å². The Morgan fingerprint density at radius 3 is 2.34 bits per heavy atom. The van der Waals surface area contributed by atoms with Crippen molar-refractivity contribution in [3.05, 3.63) is 59.4 Å². The molecule has 0 heterocycles. The molecule has 2 aromatic rings. The number of carbonyl (C=O) groups is 3. The lowest BCUT2D eigenvalue weighted by Crippen LogP contribution is -2.46. The van der Waals surface area contributed by atoms with E-state index in [1.807, 2.05) is 32.0 Å². The number of hydrogen-bond acceptors (Lipinski definition) is 4.